The van der Waals surface area contributed by atoms with E-state index in [1.54, 1.807) is 19.0 Å². The van der Waals surface area contributed by atoms with E-state index < -0.39 is 0 Å². The van der Waals surface area contributed by atoms with Crippen molar-refractivity contribution in [3.63, 3.8) is 0 Å². The van der Waals surface area contributed by atoms with Gasteiger partial charge in [-0.1, -0.05) is 26.2 Å². The van der Waals surface area contributed by atoms with Gasteiger partial charge >= 0.3 is 0 Å². The zero-order valence-corrected chi connectivity index (χ0v) is 18.0. The third-order valence-electron chi connectivity index (χ3n) is 4.17. The van der Waals surface area contributed by atoms with Crippen LogP contribution in [0.2, 0.25) is 0 Å². The van der Waals surface area contributed by atoms with E-state index in [4.69, 9.17) is 4.74 Å². The monoisotopic (exact) mass is 454 g/mol. The molecule has 1 amide bonds. The second-order valence-electron chi connectivity index (χ2n) is 6.43. The molecule has 0 heterocycles. The fraction of sp³-hybridized carbons (Fsp3) is 0.882. The Labute approximate surface area is 164 Å². The number of halogens is 1. The summed E-state index contributed by atoms with van der Waals surface area (Å²) in [5, 5.41) is 6.58. The van der Waals surface area contributed by atoms with Crippen molar-refractivity contribution in [1.82, 2.24) is 15.5 Å². The number of guanidine groups is 1. The summed E-state index contributed by atoms with van der Waals surface area (Å²) in [5.41, 5.74) is -0.0873. The molecule has 0 aromatic carbocycles. The Morgan fingerprint density at radius 2 is 1.83 bits per heavy atom. The van der Waals surface area contributed by atoms with Crippen molar-refractivity contribution in [3.05, 3.63) is 0 Å². The summed E-state index contributed by atoms with van der Waals surface area (Å²) in [5.74, 6) is 0.685. The second kappa shape index (κ2) is 12.7. The van der Waals surface area contributed by atoms with Crippen LogP contribution in [0.3, 0.4) is 0 Å². The largest absolute Gasteiger partial charge is 0.373 e. The van der Waals surface area contributed by atoms with Gasteiger partial charge in [-0.25, -0.2) is 4.99 Å². The summed E-state index contributed by atoms with van der Waals surface area (Å²) in [6.07, 6.45) is 6.96. The van der Waals surface area contributed by atoms with E-state index in [1.807, 2.05) is 6.92 Å². The lowest BCUT2D eigenvalue weighted by Crippen LogP contribution is -2.50. The molecule has 0 aromatic rings. The van der Waals surface area contributed by atoms with Gasteiger partial charge in [0.2, 0.25) is 5.91 Å². The predicted molar refractivity (Wildman–Crippen MR) is 110 cm³/mol. The van der Waals surface area contributed by atoms with Crippen LogP contribution in [-0.2, 0) is 9.53 Å². The number of aliphatic imine (C=N–C) groups is 1. The lowest BCUT2D eigenvalue weighted by atomic mass is 9.84. The van der Waals surface area contributed by atoms with Crippen molar-refractivity contribution in [2.75, 3.05) is 40.3 Å². The molecule has 1 aliphatic carbocycles. The molecule has 6 nitrogen and oxygen atoms in total. The van der Waals surface area contributed by atoms with Gasteiger partial charge in [-0.3, -0.25) is 4.79 Å². The molecule has 24 heavy (non-hydrogen) atoms. The van der Waals surface area contributed by atoms with Gasteiger partial charge in [-0.05, 0) is 26.2 Å². The summed E-state index contributed by atoms with van der Waals surface area (Å²) < 4.78 is 6.19. The number of nitrogens with one attached hydrogen (secondary N) is 2. The number of rotatable bonds is 8. The maximum absolute atomic E-state index is 11.7. The second-order valence-corrected chi connectivity index (χ2v) is 6.43. The van der Waals surface area contributed by atoms with Crippen LogP contribution in [0, 0.1) is 0 Å². The molecule has 0 atom stereocenters. The average molecular weight is 454 g/mol. The van der Waals surface area contributed by atoms with E-state index in [0.717, 1.165) is 39.0 Å². The summed E-state index contributed by atoms with van der Waals surface area (Å²) in [7, 11) is 3.49. The van der Waals surface area contributed by atoms with Crippen LogP contribution in [0.4, 0.5) is 0 Å². The van der Waals surface area contributed by atoms with Crippen LogP contribution in [-0.4, -0.2) is 62.7 Å². The molecule has 7 heteroatoms. The molecule has 1 aliphatic rings. The average Bonchev–Trinajstić information content (AvgIpc) is 2.56. The fourth-order valence-electron chi connectivity index (χ4n) is 2.76. The number of hydrogen-bond donors (Lipinski definition) is 2. The van der Waals surface area contributed by atoms with E-state index >= 15 is 0 Å². The molecule has 2 N–H and O–H groups in total. The molecule has 0 radical (unpaired) electrons. The Bertz CT molecular complexity index is 383. The third-order valence-corrected chi connectivity index (χ3v) is 4.17. The highest BCUT2D eigenvalue weighted by atomic mass is 127. The minimum Gasteiger partial charge on any atom is -0.373 e. The number of nitrogens with zero attached hydrogens (tertiary/aromatic N) is 2. The first kappa shape index (κ1) is 23.4. The molecule has 142 valence electrons. The van der Waals surface area contributed by atoms with Gasteiger partial charge in [0, 0.05) is 33.8 Å². The first-order valence-electron chi connectivity index (χ1n) is 8.89. The molecule has 1 fully saturated rings. The molecule has 1 saturated carbocycles. The number of carbonyl (C=O) groups is 1. The van der Waals surface area contributed by atoms with Gasteiger partial charge in [0.05, 0.1) is 5.60 Å². The Morgan fingerprint density at radius 1 is 1.17 bits per heavy atom. The van der Waals surface area contributed by atoms with Crippen molar-refractivity contribution in [2.24, 2.45) is 4.99 Å². The Hall–Kier alpha value is -0.570. The first-order valence-corrected chi connectivity index (χ1v) is 8.89. The van der Waals surface area contributed by atoms with Gasteiger partial charge in [0.1, 0.15) is 6.54 Å². The predicted octanol–water partition coefficient (Wildman–Crippen LogP) is 2.38. The van der Waals surface area contributed by atoms with E-state index in [1.165, 1.54) is 19.3 Å². The maximum atomic E-state index is 11.7. The van der Waals surface area contributed by atoms with Gasteiger partial charge in [-0.15, -0.1) is 24.0 Å². The lowest BCUT2D eigenvalue weighted by Gasteiger charge is -2.37. The summed E-state index contributed by atoms with van der Waals surface area (Å²) in [4.78, 5) is 17.6. The van der Waals surface area contributed by atoms with Crippen molar-refractivity contribution < 1.29 is 9.53 Å². The quantitative estimate of drug-likeness (QED) is 0.336. The van der Waals surface area contributed by atoms with Gasteiger partial charge in [0.15, 0.2) is 5.96 Å². The zero-order valence-electron chi connectivity index (χ0n) is 15.7. The van der Waals surface area contributed by atoms with Crippen LogP contribution in [0.25, 0.3) is 0 Å². The number of carbonyl (C=O) groups excluding carboxylic acids is 1. The Balaban J connectivity index is 0.00000529. The first-order chi connectivity index (χ1) is 11.0. The molecule has 0 bridgehead atoms. The highest BCUT2D eigenvalue weighted by Gasteiger charge is 2.32. The maximum Gasteiger partial charge on any atom is 0.243 e. The minimum absolute atomic E-state index is 0. The van der Waals surface area contributed by atoms with Gasteiger partial charge in [0.25, 0.3) is 0 Å². The minimum atomic E-state index is -0.0873. The normalized spacial score (nSPS) is 16.9. The van der Waals surface area contributed by atoms with Crippen LogP contribution in [0.5, 0.6) is 0 Å². The lowest BCUT2D eigenvalue weighted by molar-refractivity contribution is -0.127. The number of amides is 1. The van der Waals surface area contributed by atoms with Gasteiger partial charge < -0.3 is 20.3 Å². The third kappa shape index (κ3) is 8.50. The SMILES string of the molecule is CCCOC1(CNC(=NCC(=O)N(C)C)NCC)CCCCC1.I. The van der Waals surface area contributed by atoms with E-state index in [-0.39, 0.29) is 42.0 Å². The molecule has 0 saturated heterocycles. The van der Waals surface area contributed by atoms with Crippen molar-refractivity contribution in [2.45, 2.75) is 58.0 Å². The molecule has 0 unspecified atom stereocenters. The van der Waals surface area contributed by atoms with Crippen LogP contribution >= 0.6 is 24.0 Å². The summed E-state index contributed by atoms with van der Waals surface area (Å²) in [6.45, 7) is 6.64. The van der Waals surface area contributed by atoms with Crippen molar-refractivity contribution >= 4 is 35.8 Å². The standard InChI is InChI=1S/C17H34N4O2.HI/c1-5-12-23-17(10-8-7-9-11-17)14-20-16(18-6-2)19-13-15(22)21(3)4;/h5-14H2,1-4H3,(H2,18,19,20);1H. The van der Waals surface area contributed by atoms with E-state index in [9.17, 15) is 4.79 Å². The van der Waals surface area contributed by atoms with E-state index in [0.29, 0.717) is 5.96 Å². The van der Waals surface area contributed by atoms with Crippen molar-refractivity contribution in [3.8, 4) is 0 Å². The zero-order chi connectivity index (χ0) is 17.1. The van der Waals surface area contributed by atoms with Gasteiger partial charge in [-0.2, -0.15) is 0 Å². The summed E-state index contributed by atoms with van der Waals surface area (Å²) in [6, 6.07) is 0. The highest BCUT2D eigenvalue weighted by molar-refractivity contribution is 14.0. The number of hydrogen-bond acceptors (Lipinski definition) is 3. The van der Waals surface area contributed by atoms with E-state index in [2.05, 4.69) is 22.5 Å². The Morgan fingerprint density at radius 3 is 2.38 bits per heavy atom. The number of ether oxygens (including phenoxy) is 1. The van der Waals surface area contributed by atoms with Crippen molar-refractivity contribution in [1.29, 1.82) is 0 Å². The van der Waals surface area contributed by atoms with Crippen LogP contribution in [0.1, 0.15) is 52.4 Å². The highest BCUT2D eigenvalue weighted by Crippen LogP contribution is 2.31. The Kier molecular flexibility index (Phi) is 12.4. The molecular weight excluding hydrogens is 419 g/mol. The smallest absolute Gasteiger partial charge is 0.243 e. The molecule has 0 spiro atoms. The summed E-state index contributed by atoms with van der Waals surface area (Å²) >= 11 is 0. The van der Waals surface area contributed by atoms with Crippen LogP contribution in [0.15, 0.2) is 4.99 Å². The molecule has 0 aliphatic heterocycles. The van der Waals surface area contributed by atoms with Crippen LogP contribution < -0.4 is 10.6 Å². The molecule has 0 aromatic heterocycles. The molecule has 1 rings (SSSR count). The fourth-order valence-corrected chi connectivity index (χ4v) is 2.76. The topological polar surface area (TPSA) is 66.0 Å². The number of likely N-dealkylation sites (N-methyl/N-ethyl adjacent to an activating group) is 1. The molecular formula is C17H35IN4O2.